The van der Waals surface area contributed by atoms with Crippen molar-refractivity contribution in [3.63, 3.8) is 0 Å². The number of hydrogen-bond donors (Lipinski definition) is 2. The number of aromatic nitrogens is 1. The molecule has 0 atom stereocenters. The van der Waals surface area contributed by atoms with Crippen LogP contribution in [0.25, 0.3) is 0 Å². The van der Waals surface area contributed by atoms with Gasteiger partial charge in [0.05, 0.1) is 12.2 Å². The van der Waals surface area contributed by atoms with Crippen molar-refractivity contribution in [1.29, 1.82) is 0 Å². The fourth-order valence-corrected chi connectivity index (χ4v) is 2.85. The molecule has 1 heterocycles. The minimum atomic E-state index is -3.80. The fraction of sp³-hybridized carbons (Fsp3) is 0.300. The second-order valence-corrected chi connectivity index (χ2v) is 6.02. The molecule has 0 bridgehead atoms. The van der Waals surface area contributed by atoms with Gasteiger partial charge in [-0.15, -0.1) is 0 Å². The highest BCUT2D eigenvalue weighted by Crippen LogP contribution is 2.14. The molecule has 19 heavy (non-hydrogen) atoms. The number of hydrogen-bond acceptors (Lipinski definition) is 5. The van der Waals surface area contributed by atoms with Crippen molar-refractivity contribution < 1.29 is 13.2 Å². The molecule has 7 nitrogen and oxygen atoms in total. The van der Waals surface area contributed by atoms with E-state index in [1.54, 1.807) is 6.92 Å². The van der Waals surface area contributed by atoms with Gasteiger partial charge in [0.15, 0.2) is 0 Å². The summed E-state index contributed by atoms with van der Waals surface area (Å²) in [4.78, 5) is 14.7. The Morgan fingerprint density at radius 3 is 2.42 bits per heavy atom. The number of carbonyl (C=O) groups is 1. The summed E-state index contributed by atoms with van der Waals surface area (Å²) in [6, 6.07) is 2.74. The highest BCUT2D eigenvalue weighted by molar-refractivity contribution is 7.89. The number of nitrogens with zero attached hydrogens (tertiary/aromatic N) is 2. The van der Waals surface area contributed by atoms with Gasteiger partial charge in [0.2, 0.25) is 15.9 Å². The first-order valence-corrected chi connectivity index (χ1v) is 7.18. The SMILES string of the molecule is CCN(CC(N)=O)S(=O)(=O)c1ccc(C(N)=S)nc1. The molecule has 0 unspecified atom stereocenters. The number of rotatable bonds is 6. The van der Waals surface area contributed by atoms with E-state index in [1.165, 1.54) is 12.1 Å². The largest absolute Gasteiger partial charge is 0.388 e. The van der Waals surface area contributed by atoms with E-state index in [2.05, 4.69) is 4.98 Å². The minimum absolute atomic E-state index is 0.0457. The van der Waals surface area contributed by atoms with Crippen LogP contribution in [0.3, 0.4) is 0 Å². The Kier molecular flexibility index (Phi) is 4.92. The predicted molar refractivity (Wildman–Crippen MR) is 73.8 cm³/mol. The van der Waals surface area contributed by atoms with Crippen molar-refractivity contribution in [2.24, 2.45) is 11.5 Å². The number of likely N-dealkylation sites (N-methyl/N-ethyl adjacent to an activating group) is 1. The van der Waals surface area contributed by atoms with Crippen LogP contribution in [0.1, 0.15) is 12.6 Å². The van der Waals surface area contributed by atoms with Gasteiger partial charge in [0, 0.05) is 12.7 Å². The molecule has 0 fully saturated rings. The summed E-state index contributed by atoms with van der Waals surface area (Å²) in [6.07, 6.45) is 1.15. The van der Waals surface area contributed by atoms with E-state index in [9.17, 15) is 13.2 Å². The van der Waals surface area contributed by atoms with Crippen LogP contribution in [0, 0.1) is 0 Å². The molecule has 0 aliphatic carbocycles. The Morgan fingerprint density at radius 1 is 1.42 bits per heavy atom. The molecule has 0 aromatic carbocycles. The zero-order chi connectivity index (χ0) is 14.6. The maximum absolute atomic E-state index is 12.2. The van der Waals surface area contributed by atoms with Gasteiger partial charge in [-0.3, -0.25) is 9.78 Å². The van der Waals surface area contributed by atoms with Crippen LogP contribution < -0.4 is 11.5 Å². The van der Waals surface area contributed by atoms with Gasteiger partial charge in [-0.2, -0.15) is 4.31 Å². The summed E-state index contributed by atoms with van der Waals surface area (Å²) in [5.41, 5.74) is 10.7. The van der Waals surface area contributed by atoms with Gasteiger partial charge < -0.3 is 11.5 Å². The smallest absolute Gasteiger partial charge is 0.245 e. The summed E-state index contributed by atoms with van der Waals surface area (Å²) in [5, 5.41) is 0. The molecule has 9 heteroatoms. The lowest BCUT2D eigenvalue weighted by Gasteiger charge is -2.18. The van der Waals surface area contributed by atoms with Gasteiger partial charge in [0.25, 0.3) is 0 Å². The molecule has 0 radical (unpaired) electrons. The van der Waals surface area contributed by atoms with Crippen molar-refractivity contribution in [1.82, 2.24) is 9.29 Å². The molecule has 0 saturated heterocycles. The van der Waals surface area contributed by atoms with Crippen LogP contribution in [0.15, 0.2) is 23.2 Å². The van der Waals surface area contributed by atoms with Crippen molar-refractivity contribution >= 4 is 33.1 Å². The lowest BCUT2D eigenvalue weighted by Crippen LogP contribution is -2.38. The molecule has 4 N–H and O–H groups in total. The minimum Gasteiger partial charge on any atom is -0.388 e. The van der Waals surface area contributed by atoms with Crippen molar-refractivity contribution in [2.75, 3.05) is 13.1 Å². The molecular weight excluding hydrogens is 288 g/mol. The lowest BCUT2D eigenvalue weighted by molar-refractivity contribution is -0.118. The number of nitrogens with two attached hydrogens (primary N) is 2. The molecule has 1 aromatic rings. The summed E-state index contributed by atoms with van der Waals surface area (Å²) in [5.74, 6) is -0.724. The van der Waals surface area contributed by atoms with Gasteiger partial charge >= 0.3 is 0 Å². The van der Waals surface area contributed by atoms with Gasteiger partial charge in [-0.05, 0) is 12.1 Å². The number of thiocarbonyl (C=S) groups is 1. The van der Waals surface area contributed by atoms with E-state index in [1.807, 2.05) is 0 Å². The highest BCUT2D eigenvalue weighted by atomic mass is 32.2. The maximum atomic E-state index is 12.2. The van der Waals surface area contributed by atoms with Crippen LogP contribution in [0.2, 0.25) is 0 Å². The second kappa shape index (κ2) is 6.04. The Labute approximate surface area is 116 Å². The first-order valence-electron chi connectivity index (χ1n) is 5.33. The molecule has 1 rings (SSSR count). The Hall–Kier alpha value is -1.58. The molecule has 104 valence electrons. The topological polar surface area (TPSA) is 119 Å². The van der Waals surface area contributed by atoms with Crippen LogP contribution in [-0.4, -0.2) is 41.7 Å². The van der Waals surface area contributed by atoms with Crippen LogP contribution in [0.5, 0.6) is 0 Å². The highest BCUT2D eigenvalue weighted by Gasteiger charge is 2.24. The average molecular weight is 302 g/mol. The molecule has 0 spiro atoms. The average Bonchev–Trinajstić information content (AvgIpc) is 2.35. The molecule has 0 aliphatic heterocycles. The van der Waals surface area contributed by atoms with Gasteiger partial charge in [-0.25, -0.2) is 8.42 Å². The van der Waals surface area contributed by atoms with Gasteiger partial charge in [0.1, 0.15) is 9.88 Å². The summed E-state index contributed by atoms with van der Waals surface area (Å²) in [6.45, 7) is 1.36. The van der Waals surface area contributed by atoms with Crippen LogP contribution in [-0.2, 0) is 14.8 Å². The summed E-state index contributed by atoms with van der Waals surface area (Å²) in [7, 11) is -3.80. The predicted octanol–water partition coefficient (Wildman–Crippen LogP) is -0.788. The van der Waals surface area contributed by atoms with E-state index in [4.69, 9.17) is 23.7 Å². The first-order chi connectivity index (χ1) is 8.78. The Bertz CT molecular complexity index is 583. The number of amides is 1. The molecule has 1 amide bonds. The quantitative estimate of drug-likeness (QED) is 0.665. The van der Waals surface area contributed by atoms with Crippen LogP contribution >= 0.6 is 12.2 Å². The number of primary amides is 1. The van der Waals surface area contributed by atoms with Crippen molar-refractivity contribution in [2.45, 2.75) is 11.8 Å². The van der Waals surface area contributed by atoms with E-state index >= 15 is 0 Å². The van der Waals surface area contributed by atoms with Crippen molar-refractivity contribution in [3.05, 3.63) is 24.0 Å². The lowest BCUT2D eigenvalue weighted by atomic mass is 10.3. The normalized spacial score (nSPS) is 11.5. The summed E-state index contributed by atoms with van der Waals surface area (Å²) < 4.78 is 25.4. The third-order valence-corrected chi connectivity index (χ3v) is 4.42. The maximum Gasteiger partial charge on any atom is 0.245 e. The third kappa shape index (κ3) is 3.69. The number of sulfonamides is 1. The van der Waals surface area contributed by atoms with E-state index in [0.717, 1.165) is 10.5 Å². The molecule has 1 aromatic heterocycles. The number of pyridine rings is 1. The molecule has 0 aliphatic rings. The van der Waals surface area contributed by atoms with Gasteiger partial charge in [-0.1, -0.05) is 19.1 Å². The Balaban J connectivity index is 3.11. The van der Waals surface area contributed by atoms with Crippen LogP contribution in [0.4, 0.5) is 0 Å². The zero-order valence-corrected chi connectivity index (χ0v) is 11.9. The monoisotopic (exact) mass is 302 g/mol. The first kappa shape index (κ1) is 15.5. The van der Waals surface area contributed by atoms with E-state index < -0.39 is 15.9 Å². The van der Waals surface area contributed by atoms with E-state index in [0.29, 0.717) is 5.69 Å². The fourth-order valence-electron chi connectivity index (χ4n) is 1.37. The zero-order valence-electron chi connectivity index (χ0n) is 10.2. The summed E-state index contributed by atoms with van der Waals surface area (Å²) >= 11 is 4.72. The van der Waals surface area contributed by atoms with Crippen molar-refractivity contribution in [3.8, 4) is 0 Å². The molecular formula is C10H14N4O3S2. The Morgan fingerprint density at radius 2 is 2.05 bits per heavy atom. The molecule has 0 saturated carbocycles. The third-order valence-electron chi connectivity index (χ3n) is 2.31. The number of carbonyl (C=O) groups excluding carboxylic acids is 1. The standard InChI is InChI=1S/C10H14N4O3S2/c1-2-14(6-9(11)15)19(16,17)7-3-4-8(10(12)18)13-5-7/h3-5H,2,6H2,1H3,(H2,11,15)(H2,12,18). The second-order valence-electron chi connectivity index (χ2n) is 3.64. The van der Waals surface area contributed by atoms with E-state index in [-0.39, 0.29) is 23.0 Å².